The number of ether oxygens (including phenoxy) is 3. The number of hydrogen-bond donors (Lipinski definition) is 0. The zero-order chi connectivity index (χ0) is 22.3. The Balaban J connectivity index is 1.53. The number of amides is 1. The van der Waals surface area contributed by atoms with Crippen LogP contribution in [0.1, 0.15) is 6.42 Å². The number of thiazole rings is 1. The van der Waals surface area contributed by atoms with Gasteiger partial charge in [-0.05, 0) is 36.8 Å². The molecule has 166 valence electrons. The van der Waals surface area contributed by atoms with Crippen molar-refractivity contribution in [3.63, 3.8) is 0 Å². The maximum atomic E-state index is 13.2. The van der Waals surface area contributed by atoms with Crippen LogP contribution in [0.25, 0.3) is 10.2 Å². The summed E-state index contributed by atoms with van der Waals surface area (Å²) in [4.78, 5) is 23.6. The van der Waals surface area contributed by atoms with E-state index in [0.29, 0.717) is 23.2 Å². The van der Waals surface area contributed by atoms with Crippen LogP contribution in [0.15, 0.2) is 61.2 Å². The first-order chi connectivity index (χ1) is 15.7. The van der Waals surface area contributed by atoms with Gasteiger partial charge >= 0.3 is 0 Å². The highest BCUT2D eigenvalue weighted by molar-refractivity contribution is 7.22. The van der Waals surface area contributed by atoms with Crippen molar-refractivity contribution in [1.29, 1.82) is 0 Å². The van der Waals surface area contributed by atoms with Crippen LogP contribution in [0.5, 0.6) is 17.2 Å². The van der Waals surface area contributed by atoms with E-state index in [1.54, 1.807) is 43.8 Å². The number of fused-ring (bicyclic) bond motifs is 1. The lowest BCUT2D eigenvalue weighted by atomic mass is 10.3. The quantitative estimate of drug-likeness (QED) is 0.362. The minimum atomic E-state index is -0.174. The average Bonchev–Trinajstić information content (AvgIpc) is 3.49. The molecular formula is C23H24N4O4S. The highest BCUT2D eigenvalue weighted by Crippen LogP contribution is 2.32. The van der Waals surface area contributed by atoms with Gasteiger partial charge in [0.25, 0.3) is 5.91 Å². The van der Waals surface area contributed by atoms with Crippen molar-refractivity contribution in [2.24, 2.45) is 0 Å². The molecule has 0 unspecified atom stereocenters. The van der Waals surface area contributed by atoms with Gasteiger partial charge in [0, 0.05) is 25.5 Å². The topological polar surface area (TPSA) is 78.7 Å². The molecule has 0 aliphatic rings. The predicted octanol–water partition coefficient (Wildman–Crippen LogP) is 4.01. The van der Waals surface area contributed by atoms with Gasteiger partial charge in [0.2, 0.25) is 0 Å². The number of rotatable bonds is 10. The molecule has 0 spiro atoms. The summed E-state index contributed by atoms with van der Waals surface area (Å²) in [5.41, 5.74) is 0.823. The fourth-order valence-corrected chi connectivity index (χ4v) is 4.29. The molecule has 0 N–H and O–H groups in total. The lowest BCUT2D eigenvalue weighted by Crippen LogP contribution is -2.36. The van der Waals surface area contributed by atoms with E-state index in [-0.39, 0.29) is 12.5 Å². The maximum absolute atomic E-state index is 13.2. The molecule has 4 rings (SSSR count). The van der Waals surface area contributed by atoms with Gasteiger partial charge in [0.05, 0.1) is 30.8 Å². The summed E-state index contributed by atoms with van der Waals surface area (Å²) in [5.74, 6) is 1.69. The summed E-state index contributed by atoms with van der Waals surface area (Å²) in [5, 5.41) is 0.632. The van der Waals surface area contributed by atoms with Crippen molar-refractivity contribution in [2.45, 2.75) is 13.0 Å². The molecule has 2 heterocycles. The van der Waals surface area contributed by atoms with E-state index >= 15 is 0 Å². The van der Waals surface area contributed by atoms with Gasteiger partial charge in [-0.2, -0.15) is 0 Å². The molecule has 0 aliphatic carbocycles. The molecule has 0 saturated carbocycles. The number of anilines is 1. The second-order valence-corrected chi connectivity index (χ2v) is 7.98. The Bertz CT molecular complexity index is 1180. The van der Waals surface area contributed by atoms with Crippen LogP contribution >= 0.6 is 11.3 Å². The summed E-state index contributed by atoms with van der Waals surface area (Å²) in [6, 6.07) is 13.0. The standard InChI is InChI=1S/C23H24N4O4S/c1-29-17-8-9-18-21(14-17)32-23(25-18)27(12-5-11-26-13-10-24-16-26)22(28)15-31-20-7-4-3-6-19(20)30-2/h3-4,6-10,13-14,16H,5,11-12,15H2,1-2H3. The normalized spacial score (nSPS) is 10.8. The minimum absolute atomic E-state index is 0.120. The third-order valence-corrected chi connectivity index (χ3v) is 5.93. The van der Waals surface area contributed by atoms with E-state index in [2.05, 4.69) is 9.97 Å². The molecule has 2 aromatic carbocycles. The Kier molecular flexibility index (Phi) is 6.86. The highest BCUT2D eigenvalue weighted by atomic mass is 32.1. The summed E-state index contributed by atoms with van der Waals surface area (Å²) in [7, 11) is 3.20. The number of benzene rings is 2. The largest absolute Gasteiger partial charge is 0.497 e. The number of hydrogen-bond acceptors (Lipinski definition) is 7. The molecule has 8 nitrogen and oxygen atoms in total. The Labute approximate surface area is 190 Å². The zero-order valence-electron chi connectivity index (χ0n) is 17.9. The smallest absolute Gasteiger partial charge is 0.266 e. The number of aryl methyl sites for hydroxylation is 1. The Morgan fingerprint density at radius 1 is 1.12 bits per heavy atom. The molecule has 0 atom stereocenters. The molecule has 1 amide bonds. The lowest BCUT2D eigenvalue weighted by molar-refractivity contribution is -0.120. The van der Waals surface area contributed by atoms with Crippen molar-refractivity contribution in [3.8, 4) is 17.2 Å². The SMILES string of the molecule is COc1ccc2nc(N(CCCn3ccnc3)C(=O)COc3ccccc3OC)sc2c1. The van der Waals surface area contributed by atoms with Crippen LogP contribution in [-0.2, 0) is 11.3 Å². The average molecular weight is 453 g/mol. The monoisotopic (exact) mass is 452 g/mol. The molecule has 0 radical (unpaired) electrons. The van der Waals surface area contributed by atoms with Gasteiger partial charge in [0.1, 0.15) is 5.75 Å². The Morgan fingerprint density at radius 3 is 2.72 bits per heavy atom. The van der Waals surface area contributed by atoms with Crippen LogP contribution in [0.3, 0.4) is 0 Å². The zero-order valence-corrected chi connectivity index (χ0v) is 18.7. The van der Waals surface area contributed by atoms with Crippen LogP contribution in [0, 0.1) is 0 Å². The van der Waals surface area contributed by atoms with Crippen LogP contribution in [0.4, 0.5) is 5.13 Å². The first-order valence-corrected chi connectivity index (χ1v) is 11.0. The molecule has 0 bridgehead atoms. The Morgan fingerprint density at radius 2 is 1.97 bits per heavy atom. The predicted molar refractivity (Wildman–Crippen MR) is 124 cm³/mol. The van der Waals surface area contributed by atoms with Gasteiger partial charge in [-0.15, -0.1) is 0 Å². The minimum Gasteiger partial charge on any atom is -0.497 e. The van der Waals surface area contributed by atoms with Gasteiger partial charge in [0.15, 0.2) is 23.2 Å². The first kappa shape index (κ1) is 21.6. The fraction of sp³-hybridized carbons (Fsp3) is 0.261. The van der Waals surface area contributed by atoms with E-state index in [1.807, 2.05) is 41.1 Å². The first-order valence-electron chi connectivity index (χ1n) is 10.1. The maximum Gasteiger partial charge on any atom is 0.266 e. The van der Waals surface area contributed by atoms with E-state index < -0.39 is 0 Å². The lowest BCUT2D eigenvalue weighted by Gasteiger charge is -2.20. The summed E-state index contributed by atoms with van der Waals surface area (Å²) in [6.45, 7) is 1.13. The molecule has 2 aromatic heterocycles. The van der Waals surface area contributed by atoms with E-state index in [0.717, 1.165) is 28.9 Å². The number of methoxy groups -OCH3 is 2. The third kappa shape index (κ3) is 5.00. The van der Waals surface area contributed by atoms with Gasteiger partial charge in [-0.1, -0.05) is 23.5 Å². The molecule has 9 heteroatoms. The number of nitrogens with zero attached hydrogens (tertiary/aromatic N) is 4. The summed E-state index contributed by atoms with van der Waals surface area (Å²) >= 11 is 1.46. The third-order valence-electron chi connectivity index (χ3n) is 4.89. The van der Waals surface area contributed by atoms with Gasteiger partial charge < -0.3 is 18.8 Å². The van der Waals surface area contributed by atoms with Crippen molar-refractivity contribution < 1.29 is 19.0 Å². The van der Waals surface area contributed by atoms with Gasteiger partial charge in [-0.25, -0.2) is 9.97 Å². The molecule has 0 saturated heterocycles. The van der Waals surface area contributed by atoms with E-state index in [1.165, 1.54) is 11.3 Å². The van der Waals surface area contributed by atoms with Crippen LogP contribution < -0.4 is 19.1 Å². The molecular weight excluding hydrogens is 428 g/mol. The summed E-state index contributed by atoms with van der Waals surface area (Å²) in [6.07, 6.45) is 6.16. The number of para-hydroxylation sites is 2. The number of carbonyl (C=O) groups is 1. The summed E-state index contributed by atoms with van der Waals surface area (Å²) < 4.78 is 19.3. The van der Waals surface area contributed by atoms with E-state index in [4.69, 9.17) is 14.2 Å². The molecule has 0 aliphatic heterocycles. The van der Waals surface area contributed by atoms with Crippen molar-refractivity contribution in [2.75, 3.05) is 32.3 Å². The highest BCUT2D eigenvalue weighted by Gasteiger charge is 2.21. The van der Waals surface area contributed by atoms with Crippen molar-refractivity contribution in [3.05, 3.63) is 61.2 Å². The Hall–Kier alpha value is -3.59. The molecule has 32 heavy (non-hydrogen) atoms. The number of aromatic nitrogens is 3. The molecule has 4 aromatic rings. The number of carbonyl (C=O) groups excluding carboxylic acids is 1. The second kappa shape index (κ2) is 10.1. The fourth-order valence-electron chi connectivity index (χ4n) is 3.25. The van der Waals surface area contributed by atoms with E-state index in [9.17, 15) is 4.79 Å². The second-order valence-electron chi connectivity index (χ2n) is 6.97. The van der Waals surface area contributed by atoms with Crippen LogP contribution in [0.2, 0.25) is 0 Å². The van der Waals surface area contributed by atoms with Crippen molar-refractivity contribution >= 4 is 32.6 Å². The molecule has 0 fully saturated rings. The number of imidazole rings is 1. The van der Waals surface area contributed by atoms with Crippen molar-refractivity contribution in [1.82, 2.24) is 14.5 Å². The van der Waals surface area contributed by atoms with Gasteiger partial charge in [-0.3, -0.25) is 9.69 Å². The van der Waals surface area contributed by atoms with Crippen LogP contribution in [-0.4, -0.2) is 47.8 Å².